The van der Waals surface area contributed by atoms with Crippen LogP contribution in [0.15, 0.2) is 24.3 Å². The van der Waals surface area contributed by atoms with Crippen LogP contribution in [0.5, 0.6) is 0 Å². The first-order chi connectivity index (χ1) is 9.29. The lowest BCUT2D eigenvalue weighted by Crippen LogP contribution is -2.35. The molecule has 0 fully saturated rings. The van der Waals surface area contributed by atoms with Gasteiger partial charge in [-0.05, 0) is 37.5 Å². The first kappa shape index (κ1) is 17.0. The van der Waals surface area contributed by atoms with E-state index in [0.29, 0.717) is 11.5 Å². The first-order valence-electron chi connectivity index (χ1n) is 7.22. The summed E-state index contributed by atoms with van der Waals surface area (Å²) in [5.74, 6) is 0.545. The average molecular weight is 287 g/mol. The molecular weight excluding hydrogens is 263 g/mol. The van der Waals surface area contributed by atoms with Gasteiger partial charge in [-0.3, -0.25) is 0 Å². The van der Waals surface area contributed by atoms with Crippen LogP contribution >= 0.6 is 0 Å². The maximum absolute atomic E-state index is 12.7. The Morgan fingerprint density at radius 3 is 2.20 bits per heavy atom. The van der Waals surface area contributed by atoms with Crippen LogP contribution < -0.4 is 5.32 Å². The molecule has 2 unspecified atom stereocenters. The fourth-order valence-corrected chi connectivity index (χ4v) is 2.61. The van der Waals surface area contributed by atoms with Crippen LogP contribution in [0, 0.1) is 5.92 Å². The Hall–Kier alpha value is -1.03. The third-order valence-corrected chi connectivity index (χ3v) is 3.98. The Bertz CT molecular complexity index is 410. The highest BCUT2D eigenvalue weighted by atomic mass is 19.4. The summed E-state index contributed by atoms with van der Waals surface area (Å²) in [4.78, 5) is 0. The molecular formula is C16H24F3N. The lowest BCUT2D eigenvalue weighted by Gasteiger charge is -2.27. The summed E-state index contributed by atoms with van der Waals surface area (Å²) in [6, 6.07) is 5.75. The van der Waals surface area contributed by atoms with Crippen LogP contribution in [0.25, 0.3) is 0 Å². The highest BCUT2D eigenvalue weighted by Crippen LogP contribution is 2.31. The van der Waals surface area contributed by atoms with E-state index < -0.39 is 11.7 Å². The molecule has 0 bridgehead atoms. The van der Waals surface area contributed by atoms with Gasteiger partial charge in [0.15, 0.2) is 0 Å². The van der Waals surface area contributed by atoms with Crippen molar-refractivity contribution in [2.45, 2.75) is 58.8 Å². The Morgan fingerprint density at radius 1 is 1.10 bits per heavy atom. The van der Waals surface area contributed by atoms with E-state index in [1.807, 2.05) is 6.92 Å². The predicted octanol–water partition coefficient (Wildman–Crippen LogP) is 5.18. The fraction of sp³-hybridized carbons (Fsp3) is 0.625. The van der Waals surface area contributed by atoms with Crippen LogP contribution in [0.4, 0.5) is 13.2 Å². The highest BCUT2D eigenvalue weighted by Gasteiger charge is 2.30. The minimum atomic E-state index is -4.28. The van der Waals surface area contributed by atoms with Crippen LogP contribution in [0.2, 0.25) is 0 Å². The average Bonchev–Trinajstić information content (AvgIpc) is 2.39. The number of rotatable bonds is 6. The summed E-state index contributed by atoms with van der Waals surface area (Å²) in [6.07, 6.45) is -2.14. The van der Waals surface area contributed by atoms with Gasteiger partial charge in [0.05, 0.1) is 5.56 Å². The number of benzene rings is 1. The van der Waals surface area contributed by atoms with Crippen molar-refractivity contribution in [3.63, 3.8) is 0 Å². The van der Waals surface area contributed by atoms with E-state index in [0.717, 1.165) is 18.9 Å². The zero-order chi connectivity index (χ0) is 15.3. The highest BCUT2D eigenvalue weighted by molar-refractivity contribution is 5.27. The molecule has 1 nitrogen and oxygen atoms in total. The van der Waals surface area contributed by atoms with Crippen LogP contribution in [0.1, 0.15) is 57.7 Å². The number of hydrogen-bond acceptors (Lipinski definition) is 1. The van der Waals surface area contributed by atoms with Gasteiger partial charge >= 0.3 is 6.18 Å². The van der Waals surface area contributed by atoms with Gasteiger partial charge in [-0.2, -0.15) is 13.2 Å². The Balaban J connectivity index is 2.80. The molecule has 0 saturated carbocycles. The van der Waals surface area contributed by atoms with Crippen molar-refractivity contribution in [3.8, 4) is 0 Å². The normalized spacial score (nSPS) is 15.4. The molecule has 114 valence electrons. The summed E-state index contributed by atoms with van der Waals surface area (Å²) < 4.78 is 38.1. The molecule has 2 atom stereocenters. The summed E-state index contributed by atoms with van der Waals surface area (Å²) in [6.45, 7) is 8.29. The Labute approximate surface area is 119 Å². The molecule has 1 rings (SSSR count). The van der Waals surface area contributed by atoms with Crippen molar-refractivity contribution < 1.29 is 13.2 Å². The van der Waals surface area contributed by atoms with Crippen molar-refractivity contribution in [1.82, 2.24) is 5.32 Å². The Kier molecular flexibility index (Phi) is 6.06. The molecule has 1 N–H and O–H groups in total. The molecule has 0 radical (unpaired) electrons. The van der Waals surface area contributed by atoms with E-state index in [1.165, 1.54) is 12.1 Å². The van der Waals surface area contributed by atoms with E-state index in [1.54, 1.807) is 6.07 Å². The molecule has 0 aliphatic rings. The molecule has 0 aliphatic carbocycles. The summed E-state index contributed by atoms with van der Waals surface area (Å²) in [5, 5.41) is 3.41. The minimum Gasteiger partial charge on any atom is -0.307 e. The maximum atomic E-state index is 12.7. The van der Waals surface area contributed by atoms with Crippen molar-refractivity contribution >= 4 is 0 Å². The molecule has 0 heterocycles. The van der Waals surface area contributed by atoms with Gasteiger partial charge in [-0.15, -0.1) is 0 Å². The topological polar surface area (TPSA) is 12.0 Å². The summed E-state index contributed by atoms with van der Waals surface area (Å²) in [5.41, 5.74) is 0.0940. The fourth-order valence-electron chi connectivity index (χ4n) is 2.61. The first-order valence-corrected chi connectivity index (χ1v) is 7.22. The van der Waals surface area contributed by atoms with Gasteiger partial charge in [0.25, 0.3) is 0 Å². The van der Waals surface area contributed by atoms with Crippen molar-refractivity contribution in [2.24, 2.45) is 5.92 Å². The van der Waals surface area contributed by atoms with Gasteiger partial charge in [0, 0.05) is 12.1 Å². The zero-order valence-corrected chi connectivity index (χ0v) is 12.6. The number of alkyl halides is 3. The van der Waals surface area contributed by atoms with Gasteiger partial charge < -0.3 is 5.32 Å². The van der Waals surface area contributed by atoms with Crippen molar-refractivity contribution in [3.05, 3.63) is 35.4 Å². The zero-order valence-electron chi connectivity index (χ0n) is 12.6. The third kappa shape index (κ3) is 4.51. The van der Waals surface area contributed by atoms with Crippen LogP contribution in [-0.4, -0.2) is 6.04 Å². The van der Waals surface area contributed by atoms with E-state index in [-0.39, 0.29) is 12.1 Å². The van der Waals surface area contributed by atoms with Gasteiger partial charge in [-0.1, -0.05) is 38.8 Å². The van der Waals surface area contributed by atoms with Crippen molar-refractivity contribution in [1.29, 1.82) is 0 Å². The second-order valence-electron chi connectivity index (χ2n) is 5.38. The van der Waals surface area contributed by atoms with Crippen molar-refractivity contribution in [2.75, 3.05) is 0 Å². The largest absolute Gasteiger partial charge is 0.416 e. The van der Waals surface area contributed by atoms with E-state index in [2.05, 4.69) is 26.1 Å². The standard InChI is InChI=1S/C16H24F3N/c1-5-13(6-2)11(3)20-12(4)14-8-7-9-15(10-14)16(17,18)19/h7-13,20H,5-6H2,1-4H3. The number of halogens is 3. The molecule has 0 aromatic heterocycles. The smallest absolute Gasteiger partial charge is 0.307 e. The monoisotopic (exact) mass is 287 g/mol. The summed E-state index contributed by atoms with van der Waals surface area (Å²) >= 11 is 0. The minimum absolute atomic E-state index is 0.0899. The molecule has 1 aromatic carbocycles. The third-order valence-electron chi connectivity index (χ3n) is 3.98. The second kappa shape index (κ2) is 7.11. The lowest BCUT2D eigenvalue weighted by molar-refractivity contribution is -0.137. The number of nitrogens with one attached hydrogen (secondary N) is 1. The van der Waals surface area contributed by atoms with E-state index >= 15 is 0 Å². The lowest BCUT2D eigenvalue weighted by atomic mass is 9.94. The molecule has 20 heavy (non-hydrogen) atoms. The van der Waals surface area contributed by atoms with Crippen LogP contribution in [0.3, 0.4) is 0 Å². The van der Waals surface area contributed by atoms with Gasteiger partial charge in [0.1, 0.15) is 0 Å². The molecule has 0 spiro atoms. The molecule has 1 aromatic rings. The quantitative estimate of drug-likeness (QED) is 0.760. The molecule has 4 heteroatoms. The van der Waals surface area contributed by atoms with E-state index in [9.17, 15) is 13.2 Å². The predicted molar refractivity (Wildman–Crippen MR) is 76.5 cm³/mol. The summed E-state index contributed by atoms with van der Waals surface area (Å²) in [7, 11) is 0. The Morgan fingerprint density at radius 2 is 1.70 bits per heavy atom. The maximum Gasteiger partial charge on any atom is 0.416 e. The molecule has 0 aliphatic heterocycles. The molecule has 0 amide bonds. The van der Waals surface area contributed by atoms with Gasteiger partial charge in [0.2, 0.25) is 0 Å². The SMILES string of the molecule is CCC(CC)C(C)NC(C)c1cccc(C(F)(F)F)c1. The molecule has 0 saturated heterocycles. The van der Waals surface area contributed by atoms with E-state index in [4.69, 9.17) is 0 Å². The second-order valence-corrected chi connectivity index (χ2v) is 5.38. The van der Waals surface area contributed by atoms with Crippen LogP contribution in [-0.2, 0) is 6.18 Å². The van der Waals surface area contributed by atoms with Gasteiger partial charge in [-0.25, -0.2) is 0 Å². The number of hydrogen-bond donors (Lipinski definition) is 1.